The Morgan fingerprint density at radius 1 is 1.19 bits per heavy atom. The van der Waals surface area contributed by atoms with Crippen molar-refractivity contribution in [1.29, 1.82) is 0 Å². The monoisotopic (exact) mass is 436 g/mol. The second-order valence-corrected chi connectivity index (χ2v) is 6.95. The van der Waals surface area contributed by atoms with E-state index in [-0.39, 0.29) is 29.6 Å². The maximum atomic E-state index is 13.1. The van der Waals surface area contributed by atoms with Gasteiger partial charge in [0.15, 0.2) is 23.0 Å². The number of fused-ring (bicyclic) bond motifs is 1. The third-order valence-electron chi connectivity index (χ3n) is 4.87. The van der Waals surface area contributed by atoms with Gasteiger partial charge in [0.1, 0.15) is 5.57 Å². The number of phenolic OH excluding ortho intramolecular Hbond substituents is 1. The molecule has 0 unspecified atom stereocenters. The van der Waals surface area contributed by atoms with Gasteiger partial charge in [-0.15, -0.1) is 6.58 Å². The molecule has 32 heavy (non-hydrogen) atoms. The summed E-state index contributed by atoms with van der Waals surface area (Å²) in [6.45, 7) is 5.79. The molecule has 0 atom stereocenters. The SMILES string of the molecule is C=CCc1cc(/C=C2\C(=O)NC(=O)N(c3ccc4c(c3)OCO4)C2=O)cc(OCC)c1O. The predicted octanol–water partition coefficient (Wildman–Crippen LogP) is 2.91. The van der Waals surface area contributed by atoms with Crippen LogP contribution in [0.25, 0.3) is 6.08 Å². The van der Waals surface area contributed by atoms with Crippen molar-refractivity contribution in [3.63, 3.8) is 0 Å². The lowest BCUT2D eigenvalue weighted by atomic mass is 10.0. The molecule has 2 heterocycles. The number of urea groups is 1. The van der Waals surface area contributed by atoms with Crippen LogP contribution in [-0.4, -0.2) is 36.4 Å². The van der Waals surface area contributed by atoms with Crippen LogP contribution in [0.3, 0.4) is 0 Å². The van der Waals surface area contributed by atoms with Gasteiger partial charge in [0.2, 0.25) is 6.79 Å². The number of hydrogen-bond donors (Lipinski definition) is 2. The van der Waals surface area contributed by atoms with Crippen molar-refractivity contribution in [3.8, 4) is 23.0 Å². The zero-order valence-electron chi connectivity index (χ0n) is 17.2. The molecule has 2 aromatic rings. The normalized spacial score (nSPS) is 16.3. The van der Waals surface area contributed by atoms with E-state index in [4.69, 9.17) is 14.2 Å². The number of hydrogen-bond acceptors (Lipinski definition) is 7. The lowest BCUT2D eigenvalue weighted by molar-refractivity contribution is -0.122. The van der Waals surface area contributed by atoms with Crippen molar-refractivity contribution in [3.05, 3.63) is 59.7 Å². The summed E-state index contributed by atoms with van der Waals surface area (Å²) >= 11 is 0. The summed E-state index contributed by atoms with van der Waals surface area (Å²) in [7, 11) is 0. The molecule has 0 radical (unpaired) electrons. The lowest BCUT2D eigenvalue weighted by Crippen LogP contribution is -2.54. The molecule has 9 heteroatoms. The molecule has 2 N–H and O–H groups in total. The highest BCUT2D eigenvalue weighted by molar-refractivity contribution is 6.39. The van der Waals surface area contributed by atoms with Crippen LogP contribution in [0.4, 0.5) is 10.5 Å². The molecule has 1 fully saturated rings. The number of carbonyl (C=O) groups is 3. The molecule has 0 saturated carbocycles. The van der Waals surface area contributed by atoms with Crippen molar-refractivity contribution in [2.24, 2.45) is 0 Å². The number of nitrogens with zero attached hydrogens (tertiary/aromatic N) is 1. The van der Waals surface area contributed by atoms with Crippen molar-refractivity contribution in [2.45, 2.75) is 13.3 Å². The Morgan fingerprint density at radius 2 is 1.97 bits per heavy atom. The molecule has 0 spiro atoms. The Labute approximate surface area is 183 Å². The second-order valence-electron chi connectivity index (χ2n) is 6.95. The van der Waals surface area contributed by atoms with Gasteiger partial charge in [-0.2, -0.15) is 0 Å². The van der Waals surface area contributed by atoms with Crippen LogP contribution in [0.2, 0.25) is 0 Å². The average molecular weight is 436 g/mol. The van der Waals surface area contributed by atoms with Crippen molar-refractivity contribution in [2.75, 3.05) is 18.3 Å². The first-order chi connectivity index (χ1) is 15.4. The topological polar surface area (TPSA) is 114 Å². The number of rotatable bonds is 6. The van der Waals surface area contributed by atoms with Gasteiger partial charge in [0, 0.05) is 11.6 Å². The van der Waals surface area contributed by atoms with Crippen LogP contribution >= 0.6 is 0 Å². The minimum absolute atomic E-state index is 0.0366. The number of anilines is 1. The third kappa shape index (κ3) is 3.76. The van der Waals surface area contributed by atoms with E-state index in [1.54, 1.807) is 25.1 Å². The van der Waals surface area contributed by atoms with Crippen LogP contribution in [0.15, 0.2) is 48.6 Å². The van der Waals surface area contributed by atoms with Gasteiger partial charge < -0.3 is 19.3 Å². The zero-order chi connectivity index (χ0) is 22.8. The Bertz CT molecular complexity index is 1170. The van der Waals surface area contributed by atoms with E-state index in [0.29, 0.717) is 35.7 Å². The second kappa shape index (κ2) is 8.46. The number of ether oxygens (including phenoxy) is 3. The Hall–Kier alpha value is -4.27. The van der Waals surface area contributed by atoms with Crippen LogP contribution in [0, 0.1) is 0 Å². The van der Waals surface area contributed by atoms with Gasteiger partial charge in [0.05, 0.1) is 12.3 Å². The minimum Gasteiger partial charge on any atom is -0.504 e. The summed E-state index contributed by atoms with van der Waals surface area (Å²) in [6, 6.07) is 6.85. The van der Waals surface area contributed by atoms with E-state index in [1.807, 2.05) is 0 Å². The van der Waals surface area contributed by atoms with E-state index < -0.39 is 17.8 Å². The summed E-state index contributed by atoms with van der Waals surface area (Å²) in [5.41, 5.74) is 0.940. The third-order valence-corrected chi connectivity index (χ3v) is 4.87. The summed E-state index contributed by atoms with van der Waals surface area (Å²) in [6.07, 6.45) is 3.31. The summed E-state index contributed by atoms with van der Waals surface area (Å²) < 4.78 is 16.0. The molecule has 9 nitrogen and oxygen atoms in total. The van der Waals surface area contributed by atoms with E-state index in [0.717, 1.165) is 4.90 Å². The molecule has 2 aliphatic heterocycles. The summed E-state index contributed by atoms with van der Waals surface area (Å²) in [4.78, 5) is 38.9. The number of carbonyl (C=O) groups excluding carboxylic acids is 3. The molecule has 0 aliphatic carbocycles. The molecule has 4 rings (SSSR count). The predicted molar refractivity (Wildman–Crippen MR) is 115 cm³/mol. The molecular weight excluding hydrogens is 416 g/mol. The Balaban J connectivity index is 1.74. The molecule has 1 saturated heterocycles. The number of aromatic hydroxyl groups is 1. The fraction of sp³-hybridized carbons (Fsp3) is 0.174. The first-order valence-corrected chi connectivity index (χ1v) is 9.83. The highest BCUT2D eigenvalue weighted by Gasteiger charge is 2.37. The Morgan fingerprint density at radius 3 is 2.72 bits per heavy atom. The van der Waals surface area contributed by atoms with Crippen LogP contribution in [0.1, 0.15) is 18.1 Å². The lowest BCUT2D eigenvalue weighted by Gasteiger charge is -2.26. The van der Waals surface area contributed by atoms with Gasteiger partial charge in [0.25, 0.3) is 11.8 Å². The van der Waals surface area contributed by atoms with E-state index in [2.05, 4.69) is 11.9 Å². The number of amides is 4. The van der Waals surface area contributed by atoms with E-state index >= 15 is 0 Å². The quantitative estimate of drug-likeness (QED) is 0.407. The van der Waals surface area contributed by atoms with Gasteiger partial charge in [-0.1, -0.05) is 6.08 Å². The number of allylic oxidation sites excluding steroid dienone is 1. The minimum atomic E-state index is -0.871. The van der Waals surface area contributed by atoms with Crippen molar-refractivity contribution >= 4 is 29.6 Å². The first kappa shape index (κ1) is 21.0. The highest BCUT2D eigenvalue weighted by Crippen LogP contribution is 2.37. The number of imide groups is 2. The van der Waals surface area contributed by atoms with Crippen molar-refractivity contribution < 1.29 is 33.7 Å². The largest absolute Gasteiger partial charge is 0.504 e. The molecular formula is C23H20N2O7. The van der Waals surface area contributed by atoms with Crippen LogP contribution < -0.4 is 24.4 Å². The smallest absolute Gasteiger partial charge is 0.335 e. The maximum absolute atomic E-state index is 13.1. The standard InChI is InChI=1S/C23H20N2O7/c1-3-5-14-8-13(10-19(20(14)26)30-4-2)9-16-21(27)24-23(29)25(22(16)28)15-6-7-17-18(11-15)32-12-31-17/h3,6-11,26H,1,4-5,12H2,2H3,(H,24,27,29)/b16-9+. The van der Waals surface area contributed by atoms with Crippen molar-refractivity contribution in [1.82, 2.24) is 5.32 Å². The molecule has 164 valence electrons. The van der Waals surface area contributed by atoms with Crippen LogP contribution in [-0.2, 0) is 16.0 Å². The van der Waals surface area contributed by atoms with Gasteiger partial charge in [-0.25, -0.2) is 9.69 Å². The highest BCUT2D eigenvalue weighted by atomic mass is 16.7. The molecule has 2 aromatic carbocycles. The van der Waals surface area contributed by atoms with Gasteiger partial charge >= 0.3 is 6.03 Å². The molecule has 4 amide bonds. The maximum Gasteiger partial charge on any atom is 0.335 e. The number of barbiturate groups is 1. The Kier molecular flexibility index (Phi) is 5.55. The number of benzene rings is 2. The molecule has 2 aliphatic rings. The zero-order valence-corrected chi connectivity index (χ0v) is 17.2. The first-order valence-electron chi connectivity index (χ1n) is 9.83. The van der Waals surface area contributed by atoms with Gasteiger partial charge in [-0.3, -0.25) is 14.9 Å². The van der Waals surface area contributed by atoms with E-state index in [9.17, 15) is 19.5 Å². The summed E-state index contributed by atoms with van der Waals surface area (Å²) in [5.74, 6) is -0.564. The number of phenols is 1. The fourth-order valence-corrected chi connectivity index (χ4v) is 3.43. The van der Waals surface area contributed by atoms with Crippen LogP contribution in [0.5, 0.6) is 23.0 Å². The molecule has 0 bridgehead atoms. The molecule has 0 aromatic heterocycles. The van der Waals surface area contributed by atoms with Gasteiger partial charge in [-0.05, 0) is 49.2 Å². The fourth-order valence-electron chi connectivity index (χ4n) is 3.43. The van der Waals surface area contributed by atoms with E-state index in [1.165, 1.54) is 24.3 Å². The number of nitrogens with one attached hydrogen (secondary N) is 1. The average Bonchev–Trinajstić information content (AvgIpc) is 3.22. The summed E-state index contributed by atoms with van der Waals surface area (Å²) in [5, 5.41) is 12.6.